The van der Waals surface area contributed by atoms with Crippen LogP contribution in [-0.2, 0) is 23.8 Å². The summed E-state index contributed by atoms with van der Waals surface area (Å²) in [7, 11) is 1.18. The molecule has 0 aliphatic rings. The highest BCUT2D eigenvalue weighted by molar-refractivity contribution is 5.83. The van der Waals surface area contributed by atoms with Gasteiger partial charge in [0, 0.05) is 0 Å². The quantitative estimate of drug-likeness (QED) is 0.432. The Morgan fingerprint density at radius 2 is 1.60 bits per heavy atom. The van der Waals surface area contributed by atoms with E-state index in [2.05, 4.69) is 11.3 Å². The third kappa shape index (κ3) is 8.12. The van der Waals surface area contributed by atoms with Crippen LogP contribution in [0, 0.1) is 0 Å². The molecule has 7 nitrogen and oxygen atoms in total. The highest BCUT2D eigenvalue weighted by atomic mass is 16.6. The van der Waals surface area contributed by atoms with Crippen LogP contribution in [0.5, 0.6) is 0 Å². The number of ether oxygens (including phenoxy) is 3. The van der Waals surface area contributed by atoms with Crippen molar-refractivity contribution in [2.45, 2.75) is 33.3 Å². The minimum absolute atomic E-state index is 0.192. The summed E-state index contributed by atoms with van der Waals surface area (Å²) in [5, 5.41) is 0. The standard InChI is InChI=1S/C13H21NO6/c1-9(2)19-11(16)8-14(7-10(15)18-6)12(17)20-13(3,4)5/h1,7-8H2,2-6H3. The topological polar surface area (TPSA) is 82.1 Å². The third-order valence-corrected chi connectivity index (χ3v) is 1.81. The molecule has 0 N–H and O–H groups in total. The molecule has 0 aromatic carbocycles. The lowest BCUT2D eigenvalue weighted by molar-refractivity contribution is -0.144. The zero-order valence-electron chi connectivity index (χ0n) is 12.5. The molecule has 0 heterocycles. The van der Waals surface area contributed by atoms with Crippen LogP contribution in [0.1, 0.15) is 27.7 Å². The van der Waals surface area contributed by atoms with Crippen molar-refractivity contribution in [3.05, 3.63) is 12.3 Å². The van der Waals surface area contributed by atoms with Crippen LogP contribution < -0.4 is 0 Å². The first-order valence-corrected chi connectivity index (χ1v) is 5.96. The van der Waals surface area contributed by atoms with Crippen LogP contribution in [0.2, 0.25) is 0 Å². The van der Waals surface area contributed by atoms with Gasteiger partial charge in [0.15, 0.2) is 0 Å². The summed E-state index contributed by atoms with van der Waals surface area (Å²) >= 11 is 0. The summed E-state index contributed by atoms with van der Waals surface area (Å²) < 4.78 is 14.3. The van der Waals surface area contributed by atoms with E-state index in [1.807, 2.05) is 0 Å². The number of carbonyl (C=O) groups excluding carboxylic acids is 3. The Bertz CT molecular complexity index is 396. The van der Waals surface area contributed by atoms with Gasteiger partial charge in [-0.1, -0.05) is 6.58 Å². The van der Waals surface area contributed by atoms with Gasteiger partial charge in [0.25, 0.3) is 0 Å². The van der Waals surface area contributed by atoms with Crippen LogP contribution in [0.25, 0.3) is 0 Å². The number of rotatable bonds is 5. The molecule has 0 unspecified atom stereocenters. The summed E-state index contributed by atoms with van der Waals surface area (Å²) in [6, 6.07) is 0. The second kappa shape index (κ2) is 7.52. The number of methoxy groups -OCH3 is 1. The fraction of sp³-hybridized carbons (Fsp3) is 0.615. The van der Waals surface area contributed by atoms with E-state index < -0.39 is 36.7 Å². The van der Waals surface area contributed by atoms with Gasteiger partial charge in [-0.25, -0.2) is 9.59 Å². The minimum Gasteiger partial charge on any atom is -0.468 e. The molecule has 0 aromatic rings. The van der Waals surface area contributed by atoms with Crippen LogP contribution in [0.3, 0.4) is 0 Å². The average molecular weight is 287 g/mol. The first-order chi connectivity index (χ1) is 9.05. The minimum atomic E-state index is -0.804. The first kappa shape index (κ1) is 17.9. The number of nitrogens with zero attached hydrogens (tertiary/aromatic N) is 1. The van der Waals surface area contributed by atoms with Crippen LogP contribution in [0.15, 0.2) is 12.3 Å². The summed E-state index contributed by atoms with van der Waals surface area (Å²) in [6.07, 6.45) is -0.804. The lowest BCUT2D eigenvalue weighted by atomic mass is 10.2. The van der Waals surface area contributed by atoms with E-state index in [-0.39, 0.29) is 5.76 Å². The van der Waals surface area contributed by atoms with Gasteiger partial charge in [-0.05, 0) is 27.7 Å². The Balaban J connectivity index is 4.80. The Morgan fingerprint density at radius 3 is 2.00 bits per heavy atom. The van der Waals surface area contributed by atoms with Gasteiger partial charge in [-0.2, -0.15) is 0 Å². The summed E-state index contributed by atoms with van der Waals surface area (Å²) in [4.78, 5) is 35.6. The zero-order chi connectivity index (χ0) is 15.9. The van der Waals surface area contributed by atoms with Crippen molar-refractivity contribution < 1.29 is 28.6 Å². The third-order valence-electron chi connectivity index (χ3n) is 1.81. The van der Waals surface area contributed by atoms with Gasteiger partial charge in [-0.3, -0.25) is 9.69 Å². The van der Waals surface area contributed by atoms with Crippen molar-refractivity contribution in [1.29, 1.82) is 0 Å². The summed E-state index contributed by atoms with van der Waals surface area (Å²) in [5.74, 6) is -1.19. The lowest BCUT2D eigenvalue weighted by Gasteiger charge is -2.26. The van der Waals surface area contributed by atoms with E-state index in [0.717, 1.165) is 4.90 Å². The van der Waals surface area contributed by atoms with Crippen molar-refractivity contribution in [3.8, 4) is 0 Å². The number of carbonyl (C=O) groups is 3. The van der Waals surface area contributed by atoms with Crippen LogP contribution in [-0.4, -0.2) is 48.7 Å². The van der Waals surface area contributed by atoms with Gasteiger partial charge in [0.2, 0.25) is 0 Å². The monoisotopic (exact) mass is 287 g/mol. The largest absolute Gasteiger partial charge is 0.468 e. The molecular formula is C13H21NO6. The molecule has 20 heavy (non-hydrogen) atoms. The zero-order valence-corrected chi connectivity index (χ0v) is 12.5. The van der Waals surface area contributed by atoms with Crippen molar-refractivity contribution in [2.75, 3.05) is 20.2 Å². The summed E-state index contributed by atoms with van der Waals surface area (Å²) in [6.45, 7) is 9.09. The first-order valence-electron chi connectivity index (χ1n) is 5.96. The number of amides is 1. The molecule has 0 atom stereocenters. The lowest BCUT2D eigenvalue weighted by Crippen LogP contribution is -2.43. The summed E-state index contributed by atoms with van der Waals surface area (Å²) in [5.41, 5.74) is -0.746. The Labute approximate surface area is 118 Å². The average Bonchev–Trinajstić information content (AvgIpc) is 2.24. The van der Waals surface area contributed by atoms with Gasteiger partial charge in [0.05, 0.1) is 12.9 Å². The second-order valence-electron chi connectivity index (χ2n) is 5.09. The molecule has 0 spiro atoms. The Morgan fingerprint density at radius 1 is 1.10 bits per heavy atom. The number of hydrogen-bond acceptors (Lipinski definition) is 6. The van der Waals surface area contributed by atoms with Gasteiger partial charge in [-0.15, -0.1) is 0 Å². The van der Waals surface area contributed by atoms with Crippen LogP contribution in [0.4, 0.5) is 4.79 Å². The number of hydrogen-bond donors (Lipinski definition) is 0. The Kier molecular flexibility index (Phi) is 6.75. The molecule has 114 valence electrons. The van der Waals surface area contributed by atoms with E-state index in [4.69, 9.17) is 9.47 Å². The van der Waals surface area contributed by atoms with Crippen molar-refractivity contribution >= 4 is 18.0 Å². The predicted molar refractivity (Wildman–Crippen MR) is 70.7 cm³/mol. The smallest absolute Gasteiger partial charge is 0.411 e. The second-order valence-corrected chi connectivity index (χ2v) is 5.09. The molecule has 0 saturated carbocycles. The molecule has 0 aliphatic heterocycles. The molecule has 0 bridgehead atoms. The fourth-order valence-corrected chi connectivity index (χ4v) is 1.11. The van der Waals surface area contributed by atoms with Crippen LogP contribution >= 0.6 is 0 Å². The molecule has 0 aliphatic carbocycles. The maximum Gasteiger partial charge on any atom is 0.411 e. The maximum absolute atomic E-state index is 11.9. The normalized spacial score (nSPS) is 10.4. The van der Waals surface area contributed by atoms with E-state index in [1.54, 1.807) is 20.8 Å². The van der Waals surface area contributed by atoms with E-state index in [0.29, 0.717) is 0 Å². The Hall–Kier alpha value is -2.05. The molecule has 0 rings (SSSR count). The fourth-order valence-electron chi connectivity index (χ4n) is 1.11. The van der Waals surface area contributed by atoms with Gasteiger partial charge >= 0.3 is 18.0 Å². The molecular weight excluding hydrogens is 266 g/mol. The van der Waals surface area contributed by atoms with Gasteiger partial charge in [0.1, 0.15) is 18.7 Å². The van der Waals surface area contributed by atoms with Crippen molar-refractivity contribution in [3.63, 3.8) is 0 Å². The molecule has 1 amide bonds. The van der Waals surface area contributed by atoms with Gasteiger partial charge < -0.3 is 14.2 Å². The molecule has 0 radical (unpaired) electrons. The van der Waals surface area contributed by atoms with Crippen molar-refractivity contribution in [1.82, 2.24) is 4.90 Å². The van der Waals surface area contributed by atoms with E-state index >= 15 is 0 Å². The SMILES string of the molecule is C=C(C)OC(=O)CN(CC(=O)OC)C(=O)OC(C)(C)C. The molecule has 0 fully saturated rings. The highest BCUT2D eigenvalue weighted by Gasteiger charge is 2.26. The maximum atomic E-state index is 11.9. The van der Waals surface area contributed by atoms with Crippen molar-refractivity contribution in [2.24, 2.45) is 0 Å². The number of esters is 2. The predicted octanol–water partition coefficient (Wildman–Crippen LogP) is 1.47. The number of allylic oxidation sites excluding steroid dienone is 1. The van der Waals surface area contributed by atoms with E-state index in [1.165, 1.54) is 14.0 Å². The molecule has 0 aromatic heterocycles. The van der Waals surface area contributed by atoms with E-state index in [9.17, 15) is 14.4 Å². The molecule has 0 saturated heterocycles. The molecule has 7 heteroatoms. The highest BCUT2D eigenvalue weighted by Crippen LogP contribution is 2.10.